The normalized spacial score (nSPS) is 19.3. The zero-order valence-corrected chi connectivity index (χ0v) is 23.4. The summed E-state index contributed by atoms with van der Waals surface area (Å²) in [6.45, 7) is 10.4. The largest absolute Gasteiger partial charge is 0.506 e. The highest BCUT2D eigenvalue weighted by atomic mass is 19.4. The van der Waals surface area contributed by atoms with Crippen molar-refractivity contribution in [3.63, 3.8) is 0 Å². The summed E-state index contributed by atoms with van der Waals surface area (Å²) in [4.78, 5) is 40.8. The molecule has 0 unspecified atom stereocenters. The average Bonchev–Trinajstić information content (AvgIpc) is 2.94. The predicted molar refractivity (Wildman–Crippen MR) is 149 cm³/mol. The number of piperazine rings is 1. The van der Waals surface area contributed by atoms with Crippen LogP contribution in [0, 0.1) is 5.82 Å². The van der Waals surface area contributed by atoms with Gasteiger partial charge in [-0.3, -0.25) is 14.2 Å². The highest BCUT2D eigenvalue weighted by Crippen LogP contribution is 2.41. The number of aromatic nitrogens is 3. The molecular weight excluding hydrogens is 556 g/mol. The standard InChI is InChI=1S/C29H32F4N6O3/c1-4-23(41)37-10-12-38(13-11-37)27-19-16-22(29(31,32)33)39(25-20(30)8-7-9-21(25)40)28(42)24(19)34-26(35-27)17-14-18(15-17)36(5-2)6-3/h4,7-9,16-18,40H,1,5-6,10-15H2,2-3H3. The van der Waals surface area contributed by atoms with Gasteiger partial charge in [0.2, 0.25) is 5.91 Å². The molecule has 1 saturated heterocycles. The molecule has 1 aliphatic heterocycles. The quantitative estimate of drug-likeness (QED) is 0.329. The van der Waals surface area contributed by atoms with Gasteiger partial charge in [-0.2, -0.15) is 13.2 Å². The number of pyridine rings is 1. The fraction of sp³-hybridized carbons (Fsp3) is 0.448. The first-order valence-corrected chi connectivity index (χ1v) is 13.9. The number of halogens is 4. The summed E-state index contributed by atoms with van der Waals surface area (Å²) in [6.07, 6.45) is -2.45. The Balaban J connectivity index is 1.70. The second-order valence-electron chi connectivity index (χ2n) is 10.5. The Kier molecular flexibility index (Phi) is 7.97. The molecule has 1 amide bonds. The first-order chi connectivity index (χ1) is 20.0. The van der Waals surface area contributed by atoms with Crippen LogP contribution < -0.4 is 10.5 Å². The molecule has 1 aromatic carbocycles. The van der Waals surface area contributed by atoms with E-state index < -0.39 is 34.7 Å². The van der Waals surface area contributed by atoms with E-state index in [2.05, 4.69) is 30.3 Å². The molecule has 13 heteroatoms. The fourth-order valence-corrected chi connectivity index (χ4v) is 5.87. The predicted octanol–water partition coefficient (Wildman–Crippen LogP) is 4.07. The number of rotatable bonds is 7. The van der Waals surface area contributed by atoms with Gasteiger partial charge in [0.25, 0.3) is 5.56 Å². The molecule has 0 bridgehead atoms. The van der Waals surface area contributed by atoms with Crippen molar-refractivity contribution in [1.82, 2.24) is 24.3 Å². The number of benzene rings is 1. The third-order valence-electron chi connectivity index (χ3n) is 8.22. The van der Waals surface area contributed by atoms with Gasteiger partial charge in [-0.05, 0) is 50.2 Å². The molecule has 42 heavy (non-hydrogen) atoms. The van der Waals surface area contributed by atoms with E-state index in [9.17, 15) is 32.3 Å². The summed E-state index contributed by atoms with van der Waals surface area (Å²) in [5, 5.41) is 10.2. The maximum Gasteiger partial charge on any atom is 0.431 e. The first-order valence-electron chi connectivity index (χ1n) is 13.9. The molecule has 3 heterocycles. The number of para-hydroxylation sites is 1. The Morgan fingerprint density at radius 1 is 1.14 bits per heavy atom. The van der Waals surface area contributed by atoms with E-state index in [1.54, 1.807) is 9.80 Å². The number of fused-ring (bicyclic) bond motifs is 1. The summed E-state index contributed by atoms with van der Waals surface area (Å²) in [6, 6.07) is 4.04. The third kappa shape index (κ3) is 5.21. The van der Waals surface area contributed by atoms with Crippen molar-refractivity contribution in [3.05, 3.63) is 64.6 Å². The Bertz CT molecular complexity index is 1550. The molecule has 0 radical (unpaired) electrons. The van der Waals surface area contributed by atoms with Gasteiger partial charge in [-0.25, -0.2) is 14.4 Å². The number of phenols is 1. The van der Waals surface area contributed by atoms with Crippen molar-refractivity contribution >= 4 is 22.6 Å². The summed E-state index contributed by atoms with van der Waals surface area (Å²) in [7, 11) is 0. The van der Waals surface area contributed by atoms with Crippen LogP contribution in [0.15, 0.2) is 41.7 Å². The lowest BCUT2D eigenvalue weighted by atomic mass is 9.78. The Hall–Kier alpha value is -4.00. The van der Waals surface area contributed by atoms with E-state index >= 15 is 0 Å². The Morgan fingerprint density at radius 2 is 1.81 bits per heavy atom. The van der Waals surface area contributed by atoms with Crippen LogP contribution in [0.1, 0.15) is 44.1 Å². The fourth-order valence-electron chi connectivity index (χ4n) is 5.87. The average molecular weight is 589 g/mol. The minimum Gasteiger partial charge on any atom is -0.506 e. The number of hydrogen-bond acceptors (Lipinski definition) is 7. The number of aromatic hydroxyl groups is 1. The molecule has 1 N–H and O–H groups in total. The number of hydrogen-bond donors (Lipinski definition) is 1. The van der Waals surface area contributed by atoms with Crippen molar-refractivity contribution in [2.75, 3.05) is 44.2 Å². The van der Waals surface area contributed by atoms with Crippen molar-refractivity contribution < 1.29 is 27.5 Å². The molecule has 224 valence electrons. The summed E-state index contributed by atoms with van der Waals surface area (Å²) >= 11 is 0. The molecule has 0 atom stereocenters. The lowest BCUT2D eigenvalue weighted by Crippen LogP contribution is -2.49. The van der Waals surface area contributed by atoms with Crippen molar-refractivity contribution in [1.29, 1.82) is 0 Å². The SMILES string of the molecule is C=CC(=O)N1CCN(c2nc(C3CC(N(CC)CC)C3)nc3c(=O)n(-c4c(O)cccc4F)c(C(F)(F)F)cc23)CC1. The van der Waals surface area contributed by atoms with Crippen LogP contribution in [-0.4, -0.2) is 80.7 Å². The molecule has 1 saturated carbocycles. The van der Waals surface area contributed by atoms with Crippen LogP contribution in [0.5, 0.6) is 5.75 Å². The molecule has 2 fully saturated rings. The monoisotopic (exact) mass is 588 g/mol. The lowest BCUT2D eigenvalue weighted by molar-refractivity contribution is -0.142. The van der Waals surface area contributed by atoms with E-state index in [1.807, 2.05) is 0 Å². The van der Waals surface area contributed by atoms with Crippen LogP contribution >= 0.6 is 0 Å². The lowest BCUT2D eigenvalue weighted by Gasteiger charge is -2.42. The minimum atomic E-state index is -5.09. The van der Waals surface area contributed by atoms with E-state index in [1.165, 1.54) is 6.08 Å². The molecule has 0 spiro atoms. The van der Waals surface area contributed by atoms with E-state index in [4.69, 9.17) is 4.98 Å². The molecule has 9 nitrogen and oxygen atoms in total. The van der Waals surface area contributed by atoms with Gasteiger partial charge in [0.05, 0.1) is 5.39 Å². The van der Waals surface area contributed by atoms with Crippen LogP contribution in [-0.2, 0) is 11.0 Å². The number of carbonyl (C=O) groups is 1. The van der Waals surface area contributed by atoms with Gasteiger partial charge in [0, 0.05) is 38.1 Å². The second kappa shape index (κ2) is 11.3. The zero-order chi connectivity index (χ0) is 30.3. The van der Waals surface area contributed by atoms with Gasteiger partial charge in [-0.1, -0.05) is 26.5 Å². The van der Waals surface area contributed by atoms with Crippen LogP contribution in [0.25, 0.3) is 16.6 Å². The summed E-state index contributed by atoms with van der Waals surface area (Å²) in [5.74, 6) is -1.92. The van der Waals surface area contributed by atoms with Crippen molar-refractivity contribution in [3.8, 4) is 11.4 Å². The van der Waals surface area contributed by atoms with Crippen LogP contribution in [0.3, 0.4) is 0 Å². The number of phenolic OH excluding ortho intramolecular Hbond substituents is 1. The topological polar surface area (TPSA) is 94.8 Å². The first kappa shape index (κ1) is 29.5. The number of alkyl halides is 3. The Morgan fingerprint density at radius 3 is 2.38 bits per heavy atom. The van der Waals surface area contributed by atoms with Gasteiger partial charge in [0.1, 0.15) is 34.3 Å². The maximum atomic E-state index is 14.9. The van der Waals surface area contributed by atoms with Crippen LogP contribution in [0.2, 0.25) is 0 Å². The Labute approximate surface area is 239 Å². The van der Waals surface area contributed by atoms with E-state index in [0.29, 0.717) is 11.9 Å². The molecular formula is C29H32F4N6O3. The smallest absolute Gasteiger partial charge is 0.431 e. The zero-order valence-electron chi connectivity index (χ0n) is 23.4. The van der Waals surface area contributed by atoms with Crippen molar-refractivity contribution in [2.45, 2.75) is 44.8 Å². The highest BCUT2D eigenvalue weighted by Gasteiger charge is 2.40. The number of carbonyl (C=O) groups excluding carboxylic acids is 1. The minimum absolute atomic E-state index is 0.126. The molecule has 5 rings (SSSR count). The molecule has 3 aromatic rings. The van der Waals surface area contributed by atoms with Gasteiger partial charge in [-0.15, -0.1) is 0 Å². The maximum absolute atomic E-state index is 14.9. The molecule has 1 aliphatic carbocycles. The van der Waals surface area contributed by atoms with Crippen molar-refractivity contribution in [2.24, 2.45) is 0 Å². The van der Waals surface area contributed by atoms with Crippen LogP contribution in [0.4, 0.5) is 23.4 Å². The molecule has 2 aromatic heterocycles. The summed E-state index contributed by atoms with van der Waals surface area (Å²) < 4.78 is 58.3. The summed E-state index contributed by atoms with van der Waals surface area (Å²) in [5.41, 5.74) is -3.89. The number of amides is 1. The third-order valence-corrected chi connectivity index (χ3v) is 8.22. The van der Waals surface area contributed by atoms with E-state index in [0.717, 1.165) is 50.2 Å². The highest BCUT2D eigenvalue weighted by molar-refractivity contribution is 5.90. The van der Waals surface area contributed by atoms with Gasteiger partial charge in [0.15, 0.2) is 5.82 Å². The van der Waals surface area contributed by atoms with Gasteiger partial charge < -0.3 is 19.8 Å². The molecule has 2 aliphatic rings. The number of nitrogens with zero attached hydrogens (tertiary/aromatic N) is 6. The number of anilines is 1. The van der Waals surface area contributed by atoms with E-state index in [-0.39, 0.29) is 59.3 Å². The second-order valence-corrected chi connectivity index (χ2v) is 10.5. The van der Waals surface area contributed by atoms with Gasteiger partial charge >= 0.3 is 6.18 Å².